The average Bonchev–Trinajstić information content (AvgIpc) is 3.32. The Balaban J connectivity index is 1.97. The van der Waals surface area contributed by atoms with Crippen LogP contribution in [0.2, 0.25) is 5.02 Å². The lowest BCUT2D eigenvalue weighted by Crippen LogP contribution is -2.03. The quantitative estimate of drug-likeness (QED) is 0.634. The second-order valence-corrected chi connectivity index (χ2v) is 6.76. The van der Waals surface area contributed by atoms with Crippen molar-refractivity contribution in [1.29, 1.82) is 0 Å². The fourth-order valence-corrected chi connectivity index (χ4v) is 3.33. The molecule has 0 bridgehead atoms. The molecule has 0 spiro atoms. The molecule has 1 saturated carbocycles. The van der Waals surface area contributed by atoms with Crippen molar-refractivity contribution in [1.82, 2.24) is 9.55 Å². The lowest BCUT2D eigenvalue weighted by Gasteiger charge is -2.11. The average molecular weight is 311 g/mol. The third-order valence-electron chi connectivity index (χ3n) is 4.80. The van der Waals surface area contributed by atoms with Crippen molar-refractivity contribution >= 4 is 22.5 Å². The fraction of sp³-hybridized carbons (Fsp3) is 0.316. The van der Waals surface area contributed by atoms with Crippen LogP contribution in [-0.2, 0) is 6.54 Å². The molecule has 1 aliphatic carbocycles. The summed E-state index contributed by atoms with van der Waals surface area (Å²) >= 11 is 6.03. The summed E-state index contributed by atoms with van der Waals surface area (Å²) in [5.74, 6) is 0.840. The minimum Gasteiger partial charge on any atom is -0.343 e. The summed E-state index contributed by atoms with van der Waals surface area (Å²) in [5.41, 5.74) is 6.20. The van der Waals surface area contributed by atoms with E-state index in [-0.39, 0.29) is 0 Å². The molecule has 4 rings (SSSR count). The van der Waals surface area contributed by atoms with Crippen LogP contribution in [0.4, 0.5) is 0 Å². The molecule has 22 heavy (non-hydrogen) atoms. The highest BCUT2D eigenvalue weighted by Crippen LogP contribution is 2.37. The third-order valence-corrected chi connectivity index (χ3v) is 5.05. The smallest absolute Gasteiger partial charge is 0.0944 e. The Morgan fingerprint density at radius 3 is 2.55 bits per heavy atom. The number of benzene rings is 1. The van der Waals surface area contributed by atoms with Crippen LogP contribution in [0.15, 0.2) is 36.5 Å². The predicted molar refractivity (Wildman–Crippen MR) is 92.4 cm³/mol. The molecule has 2 heterocycles. The third kappa shape index (κ3) is 2.22. The Morgan fingerprint density at radius 1 is 1.14 bits per heavy atom. The molecule has 0 unspecified atom stereocenters. The van der Waals surface area contributed by atoms with Gasteiger partial charge in [-0.1, -0.05) is 23.7 Å². The number of fused-ring (bicyclic) bond motifs is 1. The molecule has 1 aliphatic rings. The van der Waals surface area contributed by atoms with Crippen molar-refractivity contribution in [2.24, 2.45) is 5.92 Å². The van der Waals surface area contributed by atoms with Gasteiger partial charge in [0.2, 0.25) is 0 Å². The van der Waals surface area contributed by atoms with E-state index in [0.29, 0.717) is 0 Å². The first-order valence-corrected chi connectivity index (χ1v) is 8.23. The standard InChI is InChI=1S/C19H19ClN2/c1-12-13(2)22(11-14-3-4-14)19-17(12)9-10-21-18(19)15-5-7-16(20)8-6-15/h5-10,14H,3-4,11H2,1-2H3. The van der Waals surface area contributed by atoms with Crippen molar-refractivity contribution in [3.63, 3.8) is 0 Å². The Morgan fingerprint density at radius 2 is 1.86 bits per heavy atom. The van der Waals surface area contributed by atoms with Crippen molar-refractivity contribution in [3.05, 3.63) is 52.8 Å². The highest BCUT2D eigenvalue weighted by Gasteiger charge is 2.25. The van der Waals surface area contributed by atoms with Crippen molar-refractivity contribution in [2.75, 3.05) is 0 Å². The number of rotatable bonds is 3. The van der Waals surface area contributed by atoms with Gasteiger partial charge in [0.05, 0.1) is 11.2 Å². The Kier molecular flexibility index (Phi) is 3.23. The maximum atomic E-state index is 6.03. The number of nitrogens with zero attached hydrogens (tertiary/aromatic N) is 2. The summed E-state index contributed by atoms with van der Waals surface area (Å²) in [6, 6.07) is 10.1. The van der Waals surface area contributed by atoms with Gasteiger partial charge in [-0.15, -0.1) is 0 Å². The summed E-state index contributed by atoms with van der Waals surface area (Å²) < 4.78 is 2.47. The van der Waals surface area contributed by atoms with Crippen LogP contribution in [0.25, 0.3) is 22.2 Å². The van der Waals surface area contributed by atoms with Crippen LogP contribution in [0.3, 0.4) is 0 Å². The molecule has 112 valence electrons. The summed E-state index contributed by atoms with van der Waals surface area (Å²) in [7, 11) is 0. The molecule has 0 radical (unpaired) electrons. The van der Waals surface area contributed by atoms with E-state index in [0.717, 1.165) is 28.7 Å². The SMILES string of the molecule is Cc1c(C)n(CC2CC2)c2c(-c3ccc(Cl)cc3)nccc12. The molecule has 0 amide bonds. The highest BCUT2D eigenvalue weighted by atomic mass is 35.5. The molecule has 0 aliphatic heterocycles. The van der Waals surface area contributed by atoms with Gasteiger partial charge in [-0.3, -0.25) is 4.98 Å². The number of pyridine rings is 1. The first-order valence-electron chi connectivity index (χ1n) is 7.85. The van der Waals surface area contributed by atoms with Crippen molar-refractivity contribution < 1.29 is 0 Å². The van der Waals surface area contributed by atoms with Gasteiger partial charge in [0.15, 0.2) is 0 Å². The van der Waals surface area contributed by atoms with E-state index in [1.807, 2.05) is 18.3 Å². The Bertz CT molecular complexity index is 842. The zero-order valence-corrected chi connectivity index (χ0v) is 13.7. The lowest BCUT2D eigenvalue weighted by molar-refractivity contribution is 0.632. The van der Waals surface area contributed by atoms with Gasteiger partial charge in [-0.25, -0.2) is 0 Å². The normalized spacial score (nSPS) is 14.7. The van der Waals surface area contributed by atoms with Crippen LogP contribution in [0.1, 0.15) is 24.1 Å². The summed E-state index contributed by atoms with van der Waals surface area (Å²) in [6.45, 7) is 5.55. The Labute approximate surface area is 135 Å². The molecule has 2 aromatic heterocycles. The van der Waals surface area contributed by atoms with Gasteiger partial charge in [-0.2, -0.15) is 0 Å². The lowest BCUT2D eigenvalue weighted by atomic mass is 10.1. The largest absolute Gasteiger partial charge is 0.343 e. The van der Waals surface area contributed by atoms with E-state index < -0.39 is 0 Å². The van der Waals surface area contributed by atoms with Gasteiger partial charge in [0.25, 0.3) is 0 Å². The number of hydrogen-bond acceptors (Lipinski definition) is 1. The maximum Gasteiger partial charge on any atom is 0.0944 e. The van der Waals surface area contributed by atoms with Gasteiger partial charge < -0.3 is 4.57 Å². The fourth-order valence-electron chi connectivity index (χ4n) is 3.20. The van der Waals surface area contributed by atoms with Crippen LogP contribution in [-0.4, -0.2) is 9.55 Å². The van der Waals surface area contributed by atoms with E-state index in [1.54, 1.807) is 0 Å². The van der Waals surface area contributed by atoms with E-state index in [2.05, 4.69) is 41.6 Å². The molecule has 3 heteroatoms. The van der Waals surface area contributed by atoms with Gasteiger partial charge in [-0.05, 0) is 56.4 Å². The number of halogens is 1. The van der Waals surface area contributed by atoms with Gasteiger partial charge in [0.1, 0.15) is 0 Å². The Hall–Kier alpha value is -1.80. The zero-order valence-electron chi connectivity index (χ0n) is 12.9. The molecular formula is C19H19ClN2. The molecule has 0 N–H and O–H groups in total. The summed E-state index contributed by atoms with van der Waals surface area (Å²) in [5, 5.41) is 2.08. The van der Waals surface area contributed by atoms with E-state index >= 15 is 0 Å². The van der Waals surface area contributed by atoms with E-state index in [4.69, 9.17) is 11.6 Å². The molecule has 0 saturated heterocycles. The second-order valence-electron chi connectivity index (χ2n) is 6.33. The van der Waals surface area contributed by atoms with Crippen LogP contribution >= 0.6 is 11.6 Å². The molecule has 1 fully saturated rings. The molecule has 2 nitrogen and oxygen atoms in total. The second kappa shape index (κ2) is 5.13. The molecule has 0 atom stereocenters. The highest BCUT2D eigenvalue weighted by molar-refractivity contribution is 6.30. The number of hydrogen-bond donors (Lipinski definition) is 0. The van der Waals surface area contributed by atoms with Crippen LogP contribution in [0, 0.1) is 19.8 Å². The minimum atomic E-state index is 0.761. The van der Waals surface area contributed by atoms with E-state index in [9.17, 15) is 0 Å². The predicted octanol–water partition coefficient (Wildman–Crippen LogP) is 5.38. The number of aromatic nitrogens is 2. The first-order chi connectivity index (χ1) is 10.6. The summed E-state index contributed by atoms with van der Waals surface area (Å²) in [6.07, 6.45) is 4.63. The topological polar surface area (TPSA) is 17.8 Å². The minimum absolute atomic E-state index is 0.761. The molecule has 3 aromatic rings. The first kappa shape index (κ1) is 13.8. The van der Waals surface area contributed by atoms with Gasteiger partial charge >= 0.3 is 0 Å². The van der Waals surface area contributed by atoms with Crippen molar-refractivity contribution in [3.8, 4) is 11.3 Å². The number of aryl methyl sites for hydroxylation is 1. The van der Waals surface area contributed by atoms with Crippen molar-refractivity contribution in [2.45, 2.75) is 33.2 Å². The molecule has 1 aromatic carbocycles. The summed E-state index contributed by atoms with van der Waals surface area (Å²) in [4.78, 5) is 4.69. The molecular weight excluding hydrogens is 292 g/mol. The van der Waals surface area contributed by atoms with Crippen LogP contribution < -0.4 is 0 Å². The van der Waals surface area contributed by atoms with E-state index in [1.165, 1.54) is 35.0 Å². The monoisotopic (exact) mass is 310 g/mol. The maximum absolute atomic E-state index is 6.03. The van der Waals surface area contributed by atoms with Gasteiger partial charge in [0, 0.05) is 34.4 Å². The zero-order chi connectivity index (χ0) is 15.3. The van der Waals surface area contributed by atoms with Crippen LogP contribution in [0.5, 0.6) is 0 Å².